The molecule has 0 saturated carbocycles. The molecule has 1 aromatic heterocycles. The molecule has 1 amide bonds. The van der Waals surface area contributed by atoms with Crippen LogP contribution in [0.15, 0.2) is 30.5 Å². The molecule has 1 fully saturated rings. The second-order valence-electron chi connectivity index (χ2n) is 7.30. The van der Waals surface area contributed by atoms with Gasteiger partial charge in [0, 0.05) is 26.0 Å². The van der Waals surface area contributed by atoms with Crippen LogP contribution in [0.3, 0.4) is 0 Å². The van der Waals surface area contributed by atoms with Crippen LogP contribution in [0.25, 0.3) is 0 Å². The highest BCUT2D eigenvalue weighted by atomic mass is 35.5. The quantitative estimate of drug-likeness (QED) is 0.653. The van der Waals surface area contributed by atoms with Gasteiger partial charge in [-0.15, -0.1) is 0 Å². The average molecular weight is 422 g/mol. The Kier molecular flexibility index (Phi) is 7.16. The zero-order chi connectivity index (χ0) is 20.1. The Balaban J connectivity index is 1.75. The summed E-state index contributed by atoms with van der Waals surface area (Å²) >= 11 is 12.3. The maximum absolute atomic E-state index is 12.7. The molecule has 1 saturated heterocycles. The van der Waals surface area contributed by atoms with Crippen LogP contribution < -0.4 is 10.6 Å². The highest BCUT2D eigenvalue weighted by Crippen LogP contribution is 2.32. The third-order valence-corrected chi connectivity index (χ3v) is 5.73. The molecule has 5 nitrogen and oxygen atoms in total. The maximum Gasteiger partial charge on any atom is 0.253 e. The van der Waals surface area contributed by atoms with Gasteiger partial charge < -0.3 is 15.4 Å². The number of carbonyl (C=O) groups excluding carboxylic acids is 1. The summed E-state index contributed by atoms with van der Waals surface area (Å²) in [5, 5.41) is 7.15. The monoisotopic (exact) mass is 421 g/mol. The van der Waals surface area contributed by atoms with E-state index in [0.717, 1.165) is 31.6 Å². The topological polar surface area (TPSA) is 63.2 Å². The van der Waals surface area contributed by atoms with E-state index < -0.39 is 0 Å². The highest BCUT2D eigenvalue weighted by molar-refractivity contribution is 6.43. The van der Waals surface area contributed by atoms with E-state index in [1.807, 2.05) is 18.2 Å². The summed E-state index contributed by atoms with van der Waals surface area (Å²) in [5.41, 5.74) is 2.21. The van der Waals surface area contributed by atoms with Crippen molar-refractivity contribution < 1.29 is 9.53 Å². The van der Waals surface area contributed by atoms with Crippen LogP contribution in [0.1, 0.15) is 48.5 Å². The molecule has 3 rings (SSSR count). The smallest absolute Gasteiger partial charge is 0.253 e. The normalized spacial score (nSPS) is 14.9. The van der Waals surface area contributed by atoms with E-state index in [9.17, 15) is 4.79 Å². The van der Waals surface area contributed by atoms with Crippen molar-refractivity contribution in [1.82, 2.24) is 10.3 Å². The zero-order valence-electron chi connectivity index (χ0n) is 16.1. The van der Waals surface area contributed by atoms with E-state index in [1.165, 1.54) is 0 Å². The predicted octanol–water partition coefficient (Wildman–Crippen LogP) is 5.41. The van der Waals surface area contributed by atoms with E-state index in [1.54, 1.807) is 12.3 Å². The first kappa shape index (κ1) is 20.9. The molecule has 0 aliphatic carbocycles. The molecule has 0 spiro atoms. The van der Waals surface area contributed by atoms with Crippen molar-refractivity contribution in [3.05, 3.63) is 51.6 Å². The van der Waals surface area contributed by atoms with Gasteiger partial charge in [-0.25, -0.2) is 4.98 Å². The Morgan fingerprint density at radius 3 is 2.75 bits per heavy atom. The van der Waals surface area contributed by atoms with Crippen molar-refractivity contribution in [3.8, 4) is 0 Å². The van der Waals surface area contributed by atoms with Crippen LogP contribution in [-0.2, 0) is 4.74 Å². The fourth-order valence-electron chi connectivity index (χ4n) is 3.23. The van der Waals surface area contributed by atoms with Crippen LogP contribution in [-0.4, -0.2) is 30.6 Å². The Labute approximate surface area is 175 Å². The summed E-state index contributed by atoms with van der Waals surface area (Å²) < 4.78 is 5.37. The number of ether oxygens (including phenoxy) is 1. The van der Waals surface area contributed by atoms with Crippen LogP contribution in [0.4, 0.5) is 11.5 Å². The number of anilines is 2. The van der Waals surface area contributed by atoms with Crippen molar-refractivity contribution in [3.63, 3.8) is 0 Å². The lowest BCUT2D eigenvalue weighted by Crippen LogP contribution is -2.32. The summed E-state index contributed by atoms with van der Waals surface area (Å²) in [6.45, 7) is 6.32. The van der Waals surface area contributed by atoms with Gasteiger partial charge in [-0.1, -0.05) is 43.1 Å². The fraction of sp³-hybridized carbons (Fsp3) is 0.429. The second kappa shape index (κ2) is 9.59. The molecular formula is C21H25Cl2N3O2. The summed E-state index contributed by atoms with van der Waals surface area (Å²) in [4.78, 5) is 17.1. The Bertz CT molecular complexity index is 836. The molecule has 0 radical (unpaired) electrons. The van der Waals surface area contributed by atoms with Crippen molar-refractivity contribution in [2.75, 3.05) is 25.1 Å². The summed E-state index contributed by atoms with van der Waals surface area (Å²) in [5.74, 6) is 1.17. The molecule has 150 valence electrons. The summed E-state index contributed by atoms with van der Waals surface area (Å²) in [6.07, 6.45) is 3.59. The lowest BCUT2D eigenvalue weighted by molar-refractivity contribution is 0.0642. The van der Waals surface area contributed by atoms with Gasteiger partial charge in [-0.3, -0.25) is 4.79 Å². The highest BCUT2D eigenvalue weighted by Gasteiger charge is 2.19. The van der Waals surface area contributed by atoms with Crippen molar-refractivity contribution in [1.29, 1.82) is 0 Å². The number of hydrogen-bond acceptors (Lipinski definition) is 4. The molecule has 2 heterocycles. The minimum absolute atomic E-state index is 0.0879. The van der Waals surface area contributed by atoms with Gasteiger partial charge in [0.1, 0.15) is 5.82 Å². The Morgan fingerprint density at radius 2 is 2.04 bits per heavy atom. The van der Waals surface area contributed by atoms with Gasteiger partial charge in [0.2, 0.25) is 0 Å². The first-order valence-electron chi connectivity index (χ1n) is 9.52. The van der Waals surface area contributed by atoms with E-state index in [2.05, 4.69) is 29.5 Å². The van der Waals surface area contributed by atoms with Gasteiger partial charge in [0.05, 0.1) is 21.3 Å². The largest absolute Gasteiger partial charge is 0.381 e. The molecular weight excluding hydrogens is 397 g/mol. The van der Waals surface area contributed by atoms with E-state index in [0.29, 0.717) is 39.6 Å². The number of hydrogen-bond donors (Lipinski definition) is 2. The zero-order valence-corrected chi connectivity index (χ0v) is 17.6. The van der Waals surface area contributed by atoms with Gasteiger partial charge >= 0.3 is 0 Å². The molecule has 2 aromatic rings. The van der Waals surface area contributed by atoms with Crippen LogP contribution in [0, 0.1) is 5.92 Å². The third-order valence-electron chi connectivity index (χ3n) is 4.91. The van der Waals surface area contributed by atoms with E-state index in [4.69, 9.17) is 27.9 Å². The fourth-order valence-corrected chi connectivity index (χ4v) is 3.58. The third kappa shape index (κ3) is 5.16. The molecule has 28 heavy (non-hydrogen) atoms. The molecule has 7 heteroatoms. The number of nitrogens with one attached hydrogen (secondary N) is 2. The minimum Gasteiger partial charge on any atom is -0.381 e. The molecule has 1 aromatic carbocycles. The second-order valence-corrected chi connectivity index (χ2v) is 8.09. The van der Waals surface area contributed by atoms with Crippen LogP contribution in [0.5, 0.6) is 0 Å². The van der Waals surface area contributed by atoms with Gasteiger partial charge in [-0.05, 0) is 48.4 Å². The summed E-state index contributed by atoms with van der Waals surface area (Å²) in [7, 11) is 0. The van der Waals surface area contributed by atoms with Gasteiger partial charge in [0.25, 0.3) is 5.91 Å². The number of nitrogens with zero attached hydrogens (tertiary/aromatic N) is 1. The average Bonchev–Trinajstić information content (AvgIpc) is 2.70. The number of amides is 1. The van der Waals surface area contributed by atoms with E-state index >= 15 is 0 Å². The SMILES string of the molecule is CC(C)c1cc(Nc2cccc(Cl)c2Cl)ncc1C(=O)NCC1CCOCC1. The van der Waals surface area contributed by atoms with Crippen molar-refractivity contribution in [2.24, 2.45) is 5.92 Å². The number of benzene rings is 1. The lowest BCUT2D eigenvalue weighted by atomic mass is 9.97. The van der Waals surface area contributed by atoms with Crippen molar-refractivity contribution in [2.45, 2.75) is 32.6 Å². The molecule has 1 aliphatic rings. The number of rotatable bonds is 6. The molecule has 1 aliphatic heterocycles. The standard InChI is InChI=1S/C21H25Cl2N3O2/c1-13(2)15-10-19(26-18-5-3-4-17(22)20(18)23)24-12-16(15)21(27)25-11-14-6-8-28-9-7-14/h3-5,10,12-14H,6-9,11H2,1-2H3,(H,24,26)(H,25,27). The van der Waals surface area contributed by atoms with Gasteiger partial charge in [-0.2, -0.15) is 0 Å². The van der Waals surface area contributed by atoms with Crippen LogP contribution in [0.2, 0.25) is 10.0 Å². The van der Waals surface area contributed by atoms with Crippen molar-refractivity contribution >= 4 is 40.6 Å². The van der Waals surface area contributed by atoms with Crippen LogP contribution >= 0.6 is 23.2 Å². The predicted molar refractivity (Wildman–Crippen MR) is 114 cm³/mol. The van der Waals surface area contributed by atoms with Gasteiger partial charge in [0.15, 0.2) is 0 Å². The maximum atomic E-state index is 12.7. The molecule has 2 N–H and O–H groups in total. The Hall–Kier alpha value is -1.82. The Morgan fingerprint density at radius 1 is 1.29 bits per heavy atom. The first-order valence-corrected chi connectivity index (χ1v) is 10.3. The molecule has 0 atom stereocenters. The first-order chi connectivity index (χ1) is 13.5. The lowest BCUT2D eigenvalue weighted by Gasteiger charge is -2.22. The van der Waals surface area contributed by atoms with E-state index in [-0.39, 0.29) is 11.8 Å². The number of halogens is 2. The minimum atomic E-state index is -0.0879. The number of aromatic nitrogens is 1. The molecule has 0 bridgehead atoms. The summed E-state index contributed by atoms with van der Waals surface area (Å²) in [6, 6.07) is 7.27. The number of carbonyl (C=O) groups is 1. The number of pyridine rings is 1. The molecule has 0 unspecified atom stereocenters.